The lowest BCUT2D eigenvalue weighted by Crippen LogP contribution is -2.23. The number of hydrogen-bond acceptors (Lipinski definition) is 4. The summed E-state index contributed by atoms with van der Waals surface area (Å²) in [7, 11) is 4.11. The molecule has 4 heterocycles. The first-order valence-corrected chi connectivity index (χ1v) is 13.0. The Morgan fingerprint density at radius 3 is 2.68 bits per heavy atom. The van der Waals surface area contributed by atoms with Gasteiger partial charge in [-0.1, -0.05) is 31.4 Å². The topological polar surface area (TPSA) is 60.6 Å². The summed E-state index contributed by atoms with van der Waals surface area (Å²) in [6.45, 7) is 13.3. The molecule has 5 aromatic rings. The molecule has 5 nitrogen and oxygen atoms in total. The summed E-state index contributed by atoms with van der Waals surface area (Å²) in [5, 5.41) is 11.0. The number of hydrogen-bond donors (Lipinski definition) is 2. The largest absolute Gasteiger partial charge is 0.353 e. The van der Waals surface area contributed by atoms with Crippen LogP contribution in [0.1, 0.15) is 29.9 Å². The number of thiophene rings is 1. The monoisotopic (exact) mass is 505 g/mol. The van der Waals surface area contributed by atoms with Gasteiger partial charge < -0.3 is 9.88 Å². The standard InChI is InChI=1S/C31H31N5S/c1-7-26-25(13-20(4)22-14-21(16-32-17-22)18-36(5)6)31(35-34-26)28-15-24-23(9-8-10-27(24)33-28)30-12-11-29(37-30)19(2)3/h7-17,33-34H,2,4,18H2,1,3,5-6H3/b25-13+,26-7+. The SMILES string of the molecule is C=C(/C=c1/c(-c2cc3c(-c4ccc(C(=C)C)s4)cccc3[nH]2)n[nH]/c1=C/C)c1cncc(CN(C)C)c1. The molecule has 0 aliphatic heterocycles. The van der Waals surface area contributed by atoms with Gasteiger partial charge in [0.15, 0.2) is 0 Å². The maximum absolute atomic E-state index is 4.69. The summed E-state index contributed by atoms with van der Waals surface area (Å²) in [4.78, 5) is 12.6. The number of benzene rings is 1. The lowest BCUT2D eigenvalue weighted by Gasteiger charge is -2.10. The van der Waals surface area contributed by atoms with E-state index in [1.807, 2.05) is 32.3 Å². The number of H-pyrrole nitrogens is 2. The van der Waals surface area contributed by atoms with Crippen LogP contribution in [-0.2, 0) is 6.54 Å². The van der Waals surface area contributed by atoms with Crippen LogP contribution in [0.2, 0.25) is 0 Å². The molecule has 0 saturated heterocycles. The van der Waals surface area contributed by atoms with Crippen LogP contribution in [0, 0.1) is 0 Å². The van der Waals surface area contributed by atoms with Gasteiger partial charge in [-0.25, -0.2) is 0 Å². The molecule has 37 heavy (non-hydrogen) atoms. The van der Waals surface area contributed by atoms with Crippen LogP contribution in [0.3, 0.4) is 0 Å². The minimum atomic E-state index is 0.828. The maximum Gasteiger partial charge on any atom is 0.116 e. The normalized spacial score (nSPS) is 12.7. The second-order valence-electron chi connectivity index (χ2n) is 9.57. The van der Waals surface area contributed by atoms with E-state index in [0.717, 1.165) is 56.3 Å². The number of nitrogens with one attached hydrogen (secondary N) is 2. The third-order valence-corrected chi connectivity index (χ3v) is 7.60. The van der Waals surface area contributed by atoms with Crippen LogP contribution in [0.25, 0.3) is 56.0 Å². The number of aromatic amines is 2. The summed E-state index contributed by atoms with van der Waals surface area (Å²) in [6.07, 6.45) is 7.90. The minimum Gasteiger partial charge on any atom is -0.353 e. The molecule has 0 amide bonds. The Kier molecular flexibility index (Phi) is 6.78. The van der Waals surface area contributed by atoms with Gasteiger partial charge in [0.2, 0.25) is 0 Å². The number of aromatic nitrogens is 4. The zero-order valence-electron chi connectivity index (χ0n) is 21.7. The quantitative estimate of drug-likeness (QED) is 0.282. The fourth-order valence-corrected chi connectivity index (χ4v) is 5.49. The van der Waals surface area contributed by atoms with E-state index < -0.39 is 0 Å². The summed E-state index contributed by atoms with van der Waals surface area (Å²) in [5.74, 6) is 0. The predicted octanol–water partition coefficient (Wildman–Crippen LogP) is 6.07. The van der Waals surface area contributed by atoms with Crippen LogP contribution in [-0.4, -0.2) is 39.2 Å². The molecule has 2 N–H and O–H groups in total. The molecule has 0 radical (unpaired) electrons. The third-order valence-electron chi connectivity index (χ3n) is 6.32. The molecule has 0 fully saturated rings. The second-order valence-corrected chi connectivity index (χ2v) is 10.7. The van der Waals surface area contributed by atoms with Gasteiger partial charge in [0.25, 0.3) is 0 Å². The molecule has 0 aliphatic rings. The van der Waals surface area contributed by atoms with Gasteiger partial charge in [-0.3, -0.25) is 10.1 Å². The van der Waals surface area contributed by atoms with Crippen molar-refractivity contribution in [3.63, 3.8) is 0 Å². The number of allylic oxidation sites excluding steroid dienone is 2. The minimum absolute atomic E-state index is 0.828. The first-order valence-electron chi connectivity index (χ1n) is 12.2. The van der Waals surface area contributed by atoms with Crippen LogP contribution >= 0.6 is 11.3 Å². The van der Waals surface area contributed by atoms with E-state index >= 15 is 0 Å². The molecule has 6 heteroatoms. The Bertz CT molecular complexity index is 1750. The maximum atomic E-state index is 4.69. The van der Waals surface area contributed by atoms with Crippen molar-refractivity contribution in [1.82, 2.24) is 25.1 Å². The van der Waals surface area contributed by atoms with E-state index in [0.29, 0.717) is 0 Å². The second kappa shape index (κ2) is 10.2. The van der Waals surface area contributed by atoms with Gasteiger partial charge >= 0.3 is 0 Å². The van der Waals surface area contributed by atoms with Crippen LogP contribution < -0.4 is 10.6 Å². The molecule has 0 spiro atoms. The van der Waals surface area contributed by atoms with Crippen molar-refractivity contribution in [2.45, 2.75) is 20.4 Å². The van der Waals surface area contributed by atoms with Crippen molar-refractivity contribution in [2.75, 3.05) is 14.1 Å². The fraction of sp³-hybridized carbons (Fsp3) is 0.161. The van der Waals surface area contributed by atoms with E-state index in [1.165, 1.54) is 20.7 Å². The van der Waals surface area contributed by atoms with Gasteiger partial charge in [-0.2, -0.15) is 5.10 Å². The Morgan fingerprint density at radius 1 is 1.11 bits per heavy atom. The number of fused-ring (bicyclic) bond motifs is 1. The molecule has 4 aromatic heterocycles. The van der Waals surface area contributed by atoms with Gasteiger partial charge in [0.1, 0.15) is 5.69 Å². The van der Waals surface area contributed by atoms with Crippen LogP contribution in [0.15, 0.2) is 68.0 Å². The van der Waals surface area contributed by atoms with E-state index in [-0.39, 0.29) is 0 Å². The van der Waals surface area contributed by atoms with Crippen molar-refractivity contribution in [1.29, 1.82) is 0 Å². The molecule has 5 rings (SSSR count). The van der Waals surface area contributed by atoms with Crippen molar-refractivity contribution in [2.24, 2.45) is 0 Å². The fourth-order valence-electron chi connectivity index (χ4n) is 4.52. The van der Waals surface area contributed by atoms with Gasteiger partial charge in [0.05, 0.1) is 11.0 Å². The lowest BCUT2D eigenvalue weighted by molar-refractivity contribution is 0.402. The molecule has 0 saturated carbocycles. The zero-order valence-corrected chi connectivity index (χ0v) is 22.5. The summed E-state index contributed by atoms with van der Waals surface area (Å²) >= 11 is 1.77. The van der Waals surface area contributed by atoms with Crippen molar-refractivity contribution >= 4 is 45.5 Å². The van der Waals surface area contributed by atoms with Crippen LogP contribution in [0.5, 0.6) is 0 Å². The first-order chi connectivity index (χ1) is 17.8. The van der Waals surface area contributed by atoms with Gasteiger partial charge in [-0.15, -0.1) is 11.3 Å². The third kappa shape index (κ3) is 4.99. The summed E-state index contributed by atoms with van der Waals surface area (Å²) in [6, 6.07) is 15.0. The van der Waals surface area contributed by atoms with Crippen LogP contribution in [0.4, 0.5) is 0 Å². The molecule has 0 atom stereocenters. The Labute approximate surface area is 221 Å². The van der Waals surface area contributed by atoms with Crippen molar-refractivity contribution in [3.05, 3.63) is 94.6 Å². The highest BCUT2D eigenvalue weighted by Crippen LogP contribution is 2.36. The van der Waals surface area contributed by atoms with Gasteiger partial charge in [-0.05, 0) is 86.6 Å². The highest BCUT2D eigenvalue weighted by atomic mass is 32.1. The van der Waals surface area contributed by atoms with Crippen molar-refractivity contribution in [3.8, 4) is 21.8 Å². The average Bonchev–Trinajstić information content (AvgIpc) is 3.61. The Morgan fingerprint density at radius 2 is 1.95 bits per heavy atom. The summed E-state index contributed by atoms with van der Waals surface area (Å²) < 4.78 is 0. The predicted molar refractivity (Wildman–Crippen MR) is 158 cm³/mol. The molecule has 0 bridgehead atoms. The first kappa shape index (κ1) is 24.7. The number of rotatable bonds is 7. The van der Waals surface area contributed by atoms with E-state index in [9.17, 15) is 0 Å². The number of nitrogens with zero attached hydrogens (tertiary/aromatic N) is 3. The summed E-state index contributed by atoms with van der Waals surface area (Å²) in [5.41, 5.74) is 8.23. The Hall–Kier alpha value is -4.00. The Balaban J connectivity index is 1.59. The smallest absolute Gasteiger partial charge is 0.116 e. The molecule has 0 aliphatic carbocycles. The lowest BCUT2D eigenvalue weighted by atomic mass is 10.1. The highest BCUT2D eigenvalue weighted by Gasteiger charge is 2.14. The zero-order chi connectivity index (χ0) is 26.1. The molecule has 0 unspecified atom stereocenters. The van der Waals surface area contributed by atoms with Crippen molar-refractivity contribution < 1.29 is 0 Å². The van der Waals surface area contributed by atoms with Gasteiger partial charge in [0, 0.05) is 50.4 Å². The van der Waals surface area contributed by atoms with E-state index in [2.05, 4.69) is 95.8 Å². The molecular weight excluding hydrogens is 474 g/mol. The molecule has 1 aromatic carbocycles. The molecular formula is C31H31N5S. The average molecular weight is 506 g/mol. The number of pyridine rings is 1. The highest BCUT2D eigenvalue weighted by molar-refractivity contribution is 7.16. The van der Waals surface area contributed by atoms with E-state index in [1.54, 1.807) is 11.3 Å². The molecule has 186 valence electrons. The van der Waals surface area contributed by atoms with E-state index in [4.69, 9.17) is 5.10 Å².